The number of hydrogen-bond acceptors (Lipinski definition) is 5. The summed E-state index contributed by atoms with van der Waals surface area (Å²) in [6.07, 6.45) is 4.55. The molecule has 0 spiro atoms. The predicted molar refractivity (Wildman–Crippen MR) is 112 cm³/mol. The first-order chi connectivity index (χ1) is 13.6. The van der Waals surface area contributed by atoms with Crippen LogP contribution < -0.4 is 0 Å². The highest BCUT2D eigenvalue weighted by Crippen LogP contribution is 2.30. The summed E-state index contributed by atoms with van der Waals surface area (Å²) in [5.41, 5.74) is 2.02. The van der Waals surface area contributed by atoms with Crippen molar-refractivity contribution in [2.24, 2.45) is 0 Å². The second-order valence-corrected chi connectivity index (χ2v) is 10.5. The third-order valence-corrected chi connectivity index (χ3v) is 8.94. The van der Waals surface area contributed by atoms with Gasteiger partial charge in [0.2, 0.25) is 10.0 Å². The Hall–Kier alpha value is -1.80. The van der Waals surface area contributed by atoms with Crippen LogP contribution in [0.1, 0.15) is 23.3 Å². The molecule has 1 aromatic carbocycles. The number of piperidine rings is 1. The fourth-order valence-electron chi connectivity index (χ4n) is 4.45. The Morgan fingerprint density at radius 2 is 1.86 bits per heavy atom. The van der Waals surface area contributed by atoms with E-state index in [0.717, 1.165) is 37.7 Å². The first kappa shape index (κ1) is 18.2. The molecule has 1 fully saturated rings. The lowest BCUT2D eigenvalue weighted by Crippen LogP contribution is -2.47. The maximum absolute atomic E-state index is 13.3. The molecule has 7 heteroatoms. The fraction of sp³-hybridized carbons (Fsp3) is 0.381. The number of thiophene rings is 1. The summed E-state index contributed by atoms with van der Waals surface area (Å²) in [6, 6.07) is 11.8. The lowest BCUT2D eigenvalue weighted by Gasteiger charge is -2.39. The van der Waals surface area contributed by atoms with Crippen LogP contribution in [0.2, 0.25) is 0 Å². The minimum absolute atomic E-state index is 0.324. The van der Waals surface area contributed by atoms with Gasteiger partial charge in [-0.05, 0) is 48.4 Å². The summed E-state index contributed by atoms with van der Waals surface area (Å²) >= 11 is 1.86. The number of rotatable bonds is 3. The third kappa shape index (κ3) is 3.16. The van der Waals surface area contributed by atoms with E-state index in [2.05, 4.69) is 21.3 Å². The van der Waals surface area contributed by atoms with Crippen LogP contribution in [0.25, 0.3) is 10.9 Å². The van der Waals surface area contributed by atoms with Crippen LogP contribution in [-0.4, -0.2) is 48.3 Å². The Labute approximate surface area is 169 Å². The Bertz CT molecular complexity index is 1100. The highest BCUT2D eigenvalue weighted by Gasteiger charge is 2.33. The molecule has 0 unspecified atom stereocenters. The Morgan fingerprint density at radius 3 is 2.71 bits per heavy atom. The largest absolute Gasteiger partial charge is 0.296 e. The van der Waals surface area contributed by atoms with E-state index < -0.39 is 10.0 Å². The summed E-state index contributed by atoms with van der Waals surface area (Å²) in [7, 11) is -3.53. The van der Waals surface area contributed by atoms with Gasteiger partial charge in [-0.1, -0.05) is 18.2 Å². The molecule has 0 N–H and O–H groups in total. The predicted octanol–water partition coefficient (Wildman–Crippen LogP) is 3.51. The number of benzene rings is 1. The van der Waals surface area contributed by atoms with Gasteiger partial charge in [-0.15, -0.1) is 11.3 Å². The standard InChI is InChI=1S/C21H23N3O2S2/c25-28(26,20-5-1-3-16-4-2-10-22-21(16)20)24-12-6-18(7-13-24)23-11-8-19-17(15-23)9-14-27-19/h1-5,9-10,14,18H,6-8,11-13,15H2. The summed E-state index contributed by atoms with van der Waals surface area (Å²) in [5.74, 6) is 0. The summed E-state index contributed by atoms with van der Waals surface area (Å²) in [4.78, 5) is 8.71. The van der Waals surface area contributed by atoms with Crippen molar-refractivity contribution in [2.75, 3.05) is 19.6 Å². The van der Waals surface area contributed by atoms with Crippen LogP contribution in [0.4, 0.5) is 0 Å². The van der Waals surface area contributed by atoms with Crippen LogP contribution in [0.15, 0.2) is 52.9 Å². The number of para-hydroxylation sites is 1. The van der Waals surface area contributed by atoms with E-state index in [1.807, 2.05) is 29.5 Å². The number of nitrogens with zero attached hydrogens (tertiary/aromatic N) is 3. The SMILES string of the molecule is O=S(=O)(c1cccc2cccnc12)N1CCC(N2CCc3sccc3C2)CC1. The molecule has 0 saturated carbocycles. The summed E-state index contributed by atoms with van der Waals surface area (Å²) in [6.45, 7) is 3.23. The molecule has 28 heavy (non-hydrogen) atoms. The molecule has 1 saturated heterocycles. The van der Waals surface area contributed by atoms with Gasteiger partial charge in [0.25, 0.3) is 0 Å². The highest BCUT2D eigenvalue weighted by atomic mass is 32.2. The molecule has 0 atom stereocenters. The molecule has 4 heterocycles. The molecular weight excluding hydrogens is 390 g/mol. The number of sulfonamides is 1. The third-order valence-electron chi connectivity index (χ3n) is 5.99. The van der Waals surface area contributed by atoms with Crippen molar-refractivity contribution in [3.63, 3.8) is 0 Å². The summed E-state index contributed by atoms with van der Waals surface area (Å²) in [5, 5.41) is 3.04. The van der Waals surface area contributed by atoms with Gasteiger partial charge in [0, 0.05) is 48.7 Å². The molecule has 0 aliphatic carbocycles. The lowest BCUT2D eigenvalue weighted by molar-refractivity contribution is 0.127. The molecule has 0 radical (unpaired) electrons. The molecule has 2 aromatic heterocycles. The van der Waals surface area contributed by atoms with Crippen molar-refractivity contribution in [2.45, 2.75) is 36.7 Å². The molecule has 2 aliphatic heterocycles. The van der Waals surface area contributed by atoms with Gasteiger partial charge in [0.05, 0.1) is 5.52 Å². The zero-order valence-corrected chi connectivity index (χ0v) is 17.3. The zero-order valence-electron chi connectivity index (χ0n) is 15.6. The van der Waals surface area contributed by atoms with Gasteiger partial charge in [0.1, 0.15) is 4.90 Å². The van der Waals surface area contributed by atoms with E-state index in [9.17, 15) is 8.42 Å². The number of aromatic nitrogens is 1. The highest BCUT2D eigenvalue weighted by molar-refractivity contribution is 7.89. The van der Waals surface area contributed by atoms with Crippen LogP contribution in [-0.2, 0) is 23.0 Å². The average molecular weight is 414 g/mol. The van der Waals surface area contributed by atoms with Crippen molar-refractivity contribution in [1.29, 1.82) is 0 Å². The zero-order chi connectivity index (χ0) is 19.1. The topological polar surface area (TPSA) is 53.5 Å². The second-order valence-electron chi connectivity index (χ2n) is 7.56. The van der Waals surface area contributed by atoms with E-state index in [-0.39, 0.29) is 0 Å². The first-order valence-electron chi connectivity index (χ1n) is 9.76. The number of hydrogen-bond donors (Lipinski definition) is 0. The Kier molecular flexibility index (Phi) is 4.71. The van der Waals surface area contributed by atoms with Crippen LogP contribution in [0.5, 0.6) is 0 Å². The monoisotopic (exact) mass is 413 g/mol. The molecule has 5 rings (SSSR count). The van der Waals surface area contributed by atoms with Crippen molar-refractivity contribution in [1.82, 2.24) is 14.2 Å². The first-order valence-corrected chi connectivity index (χ1v) is 12.1. The molecule has 5 nitrogen and oxygen atoms in total. The van der Waals surface area contributed by atoms with Gasteiger partial charge < -0.3 is 0 Å². The van der Waals surface area contributed by atoms with Crippen LogP contribution >= 0.6 is 11.3 Å². The van der Waals surface area contributed by atoms with Crippen LogP contribution in [0.3, 0.4) is 0 Å². The van der Waals surface area contributed by atoms with E-state index in [0.29, 0.717) is 29.5 Å². The summed E-state index contributed by atoms with van der Waals surface area (Å²) < 4.78 is 28.2. The normalized spacial score (nSPS) is 19.7. The lowest BCUT2D eigenvalue weighted by atomic mass is 10.0. The van der Waals surface area contributed by atoms with Crippen molar-refractivity contribution >= 4 is 32.3 Å². The molecule has 0 bridgehead atoms. The number of pyridine rings is 1. The van der Waals surface area contributed by atoms with E-state index in [4.69, 9.17) is 0 Å². The maximum Gasteiger partial charge on any atom is 0.245 e. The van der Waals surface area contributed by atoms with Crippen LogP contribution in [0, 0.1) is 0 Å². The molecule has 0 amide bonds. The van der Waals surface area contributed by atoms with E-state index >= 15 is 0 Å². The molecule has 146 valence electrons. The van der Waals surface area contributed by atoms with Gasteiger partial charge in [-0.3, -0.25) is 9.88 Å². The van der Waals surface area contributed by atoms with Crippen molar-refractivity contribution in [3.8, 4) is 0 Å². The van der Waals surface area contributed by atoms with E-state index in [1.165, 1.54) is 10.4 Å². The van der Waals surface area contributed by atoms with Gasteiger partial charge >= 0.3 is 0 Å². The van der Waals surface area contributed by atoms with Gasteiger partial charge in [-0.25, -0.2) is 8.42 Å². The minimum Gasteiger partial charge on any atom is -0.296 e. The molecule has 3 aromatic rings. The van der Waals surface area contributed by atoms with Gasteiger partial charge in [0.15, 0.2) is 0 Å². The maximum atomic E-state index is 13.3. The van der Waals surface area contributed by atoms with Crippen molar-refractivity contribution in [3.05, 3.63) is 58.4 Å². The Morgan fingerprint density at radius 1 is 1.04 bits per heavy atom. The van der Waals surface area contributed by atoms with E-state index in [1.54, 1.807) is 22.6 Å². The second kappa shape index (κ2) is 7.22. The minimum atomic E-state index is -3.53. The Balaban J connectivity index is 1.32. The van der Waals surface area contributed by atoms with Gasteiger partial charge in [-0.2, -0.15) is 4.31 Å². The van der Waals surface area contributed by atoms with Crippen molar-refractivity contribution < 1.29 is 8.42 Å². The average Bonchev–Trinajstić information content (AvgIpc) is 3.21. The quantitative estimate of drug-likeness (QED) is 0.659. The smallest absolute Gasteiger partial charge is 0.245 e. The fourth-order valence-corrected chi connectivity index (χ4v) is 6.98. The molecular formula is C21H23N3O2S2. The number of fused-ring (bicyclic) bond motifs is 2. The molecule has 2 aliphatic rings.